The molecule has 26 heavy (non-hydrogen) atoms. The third kappa shape index (κ3) is 3.09. The second kappa shape index (κ2) is 7.27. The van der Waals surface area contributed by atoms with Crippen LogP contribution in [0.3, 0.4) is 0 Å². The Bertz CT molecular complexity index is 904. The number of carbonyl (C=O) groups excluding carboxylic acids is 1. The Morgan fingerprint density at radius 2 is 2.00 bits per heavy atom. The number of aliphatic hydroxyl groups is 1. The van der Waals surface area contributed by atoms with Gasteiger partial charge in [-0.2, -0.15) is 0 Å². The highest BCUT2D eigenvalue weighted by Crippen LogP contribution is 2.27. The molecule has 3 aromatic rings. The zero-order valence-corrected chi connectivity index (χ0v) is 14.5. The molecular formula is C20H22N4O2. The quantitative estimate of drug-likeness (QED) is 0.689. The van der Waals surface area contributed by atoms with E-state index in [0.29, 0.717) is 6.54 Å². The van der Waals surface area contributed by atoms with Gasteiger partial charge >= 0.3 is 0 Å². The highest BCUT2D eigenvalue weighted by Gasteiger charge is 2.22. The number of nitrogens with zero attached hydrogens (tertiary/aromatic N) is 3. The van der Waals surface area contributed by atoms with E-state index in [4.69, 9.17) is 0 Å². The molecule has 4 rings (SSSR count). The van der Waals surface area contributed by atoms with Crippen LogP contribution in [-0.2, 0) is 11.3 Å². The summed E-state index contributed by atoms with van der Waals surface area (Å²) < 4.78 is 1.96. The van der Waals surface area contributed by atoms with Crippen molar-refractivity contribution in [2.45, 2.75) is 12.6 Å². The molecule has 1 amide bonds. The first-order chi connectivity index (χ1) is 12.8. The molecule has 1 saturated heterocycles. The Hall–Kier alpha value is -2.70. The largest absolute Gasteiger partial charge is 0.395 e. The third-order valence-electron chi connectivity index (χ3n) is 5.01. The third-order valence-corrected chi connectivity index (χ3v) is 5.01. The topological polar surface area (TPSA) is 70.4 Å². The lowest BCUT2D eigenvalue weighted by molar-refractivity contribution is -0.121. The summed E-state index contributed by atoms with van der Waals surface area (Å²) in [4.78, 5) is 17.5. The first-order valence-corrected chi connectivity index (χ1v) is 8.88. The number of amides is 1. The van der Waals surface area contributed by atoms with Crippen LogP contribution in [0.5, 0.6) is 0 Å². The predicted molar refractivity (Wildman–Crippen MR) is 101 cm³/mol. The van der Waals surface area contributed by atoms with E-state index in [1.165, 1.54) is 0 Å². The molecule has 0 spiro atoms. The Balaban J connectivity index is 1.63. The zero-order chi connectivity index (χ0) is 17.9. The van der Waals surface area contributed by atoms with E-state index in [-0.39, 0.29) is 12.6 Å². The Kier molecular flexibility index (Phi) is 4.69. The fourth-order valence-corrected chi connectivity index (χ4v) is 3.58. The lowest BCUT2D eigenvalue weighted by Gasteiger charge is -2.33. The van der Waals surface area contributed by atoms with Gasteiger partial charge in [0.15, 0.2) is 0 Å². The first kappa shape index (κ1) is 16.8. The van der Waals surface area contributed by atoms with Crippen molar-refractivity contribution in [2.75, 3.05) is 26.2 Å². The van der Waals surface area contributed by atoms with E-state index in [2.05, 4.69) is 46.7 Å². The fourth-order valence-electron chi connectivity index (χ4n) is 3.58. The lowest BCUT2D eigenvalue weighted by Crippen LogP contribution is -2.45. The van der Waals surface area contributed by atoms with Gasteiger partial charge in [-0.15, -0.1) is 0 Å². The summed E-state index contributed by atoms with van der Waals surface area (Å²) in [5.41, 5.74) is 5.31. The van der Waals surface area contributed by atoms with E-state index in [0.717, 1.165) is 53.8 Å². The number of fused-ring (bicyclic) bond motifs is 1. The number of hydrogen-bond donors (Lipinski definition) is 2. The number of rotatable bonds is 5. The van der Waals surface area contributed by atoms with Gasteiger partial charge in [0.2, 0.25) is 6.41 Å². The maximum Gasteiger partial charge on any atom is 0.210 e. The van der Waals surface area contributed by atoms with Crippen LogP contribution >= 0.6 is 0 Å². The number of aromatic nitrogens is 2. The van der Waals surface area contributed by atoms with Gasteiger partial charge in [-0.05, 0) is 28.8 Å². The highest BCUT2D eigenvalue weighted by molar-refractivity contribution is 5.82. The first-order valence-electron chi connectivity index (χ1n) is 8.88. The SMILES string of the molecule is O=CN1CCNCC1c1ccc(-c2ccc3ncn(CCO)c3c2)cc1. The number of aliphatic hydroxyl groups excluding tert-OH is 1. The number of benzene rings is 2. The van der Waals surface area contributed by atoms with Crippen LogP contribution in [0.2, 0.25) is 0 Å². The molecule has 1 aliphatic heterocycles. The highest BCUT2D eigenvalue weighted by atomic mass is 16.3. The van der Waals surface area contributed by atoms with Gasteiger partial charge in [0, 0.05) is 26.2 Å². The summed E-state index contributed by atoms with van der Waals surface area (Å²) in [5.74, 6) is 0. The number of carbonyl (C=O) groups is 1. The number of piperazine rings is 1. The Morgan fingerprint density at radius 1 is 1.19 bits per heavy atom. The normalized spacial score (nSPS) is 17.6. The van der Waals surface area contributed by atoms with E-state index < -0.39 is 0 Å². The van der Waals surface area contributed by atoms with Crippen molar-refractivity contribution < 1.29 is 9.90 Å². The Labute approximate surface area is 152 Å². The smallest absolute Gasteiger partial charge is 0.210 e. The van der Waals surface area contributed by atoms with Crippen LogP contribution in [0.15, 0.2) is 48.8 Å². The van der Waals surface area contributed by atoms with Crippen LogP contribution in [-0.4, -0.2) is 52.2 Å². The predicted octanol–water partition coefficient (Wildman–Crippen LogP) is 1.80. The zero-order valence-electron chi connectivity index (χ0n) is 14.5. The molecule has 1 aliphatic rings. The summed E-state index contributed by atoms with van der Waals surface area (Å²) in [6, 6.07) is 14.6. The van der Waals surface area contributed by atoms with Crippen molar-refractivity contribution in [2.24, 2.45) is 0 Å². The monoisotopic (exact) mass is 350 g/mol. The van der Waals surface area contributed by atoms with Crippen LogP contribution in [0.4, 0.5) is 0 Å². The van der Waals surface area contributed by atoms with Gasteiger partial charge in [-0.3, -0.25) is 4.79 Å². The van der Waals surface area contributed by atoms with Gasteiger partial charge in [0.25, 0.3) is 0 Å². The maximum absolute atomic E-state index is 11.3. The van der Waals surface area contributed by atoms with E-state index >= 15 is 0 Å². The molecule has 6 heteroatoms. The van der Waals surface area contributed by atoms with Crippen molar-refractivity contribution in [1.29, 1.82) is 0 Å². The standard InChI is InChI=1S/C20H22N4O2/c25-10-9-23-13-22-18-6-5-17(11-19(18)23)15-1-3-16(4-2-15)20-12-21-7-8-24(20)14-26/h1-6,11,13-14,20-21,25H,7-10,12H2. The summed E-state index contributed by atoms with van der Waals surface area (Å²) in [6.07, 6.45) is 2.70. The van der Waals surface area contributed by atoms with Crippen molar-refractivity contribution in [3.63, 3.8) is 0 Å². The maximum atomic E-state index is 11.3. The van der Waals surface area contributed by atoms with Crippen molar-refractivity contribution in [1.82, 2.24) is 19.8 Å². The molecule has 0 saturated carbocycles. The molecule has 2 heterocycles. The molecule has 1 fully saturated rings. The number of nitrogens with one attached hydrogen (secondary N) is 1. The van der Waals surface area contributed by atoms with Crippen molar-refractivity contribution in [3.8, 4) is 11.1 Å². The van der Waals surface area contributed by atoms with Crippen LogP contribution in [0, 0.1) is 0 Å². The average Bonchev–Trinajstić information content (AvgIpc) is 3.10. The van der Waals surface area contributed by atoms with Gasteiger partial charge in [0.05, 0.1) is 30.0 Å². The summed E-state index contributed by atoms with van der Waals surface area (Å²) in [6.45, 7) is 2.99. The molecule has 1 unspecified atom stereocenters. The van der Waals surface area contributed by atoms with E-state index in [1.807, 2.05) is 15.5 Å². The fraction of sp³-hybridized carbons (Fsp3) is 0.300. The molecule has 6 nitrogen and oxygen atoms in total. The molecule has 0 bridgehead atoms. The summed E-state index contributed by atoms with van der Waals surface area (Å²) in [5, 5.41) is 12.5. The van der Waals surface area contributed by atoms with Gasteiger partial charge < -0.3 is 19.9 Å². The van der Waals surface area contributed by atoms with E-state index in [9.17, 15) is 9.90 Å². The van der Waals surface area contributed by atoms with Crippen LogP contribution in [0.25, 0.3) is 22.2 Å². The molecule has 1 atom stereocenters. The second-order valence-corrected chi connectivity index (χ2v) is 6.55. The summed E-state index contributed by atoms with van der Waals surface area (Å²) in [7, 11) is 0. The lowest BCUT2D eigenvalue weighted by atomic mass is 9.99. The minimum atomic E-state index is 0.0868. The molecule has 0 radical (unpaired) electrons. The number of hydrogen-bond acceptors (Lipinski definition) is 4. The number of imidazole rings is 1. The van der Waals surface area contributed by atoms with Crippen molar-refractivity contribution in [3.05, 3.63) is 54.4 Å². The minimum Gasteiger partial charge on any atom is -0.395 e. The molecule has 1 aromatic heterocycles. The summed E-state index contributed by atoms with van der Waals surface area (Å²) >= 11 is 0. The van der Waals surface area contributed by atoms with Gasteiger partial charge in [-0.25, -0.2) is 4.98 Å². The van der Waals surface area contributed by atoms with Crippen LogP contribution < -0.4 is 5.32 Å². The molecule has 2 aromatic carbocycles. The molecule has 2 N–H and O–H groups in total. The average molecular weight is 350 g/mol. The van der Waals surface area contributed by atoms with E-state index in [1.54, 1.807) is 6.33 Å². The molecule has 0 aliphatic carbocycles. The molecular weight excluding hydrogens is 328 g/mol. The van der Waals surface area contributed by atoms with Gasteiger partial charge in [-0.1, -0.05) is 30.3 Å². The van der Waals surface area contributed by atoms with Gasteiger partial charge in [0.1, 0.15) is 0 Å². The van der Waals surface area contributed by atoms with Crippen molar-refractivity contribution >= 4 is 17.4 Å². The van der Waals surface area contributed by atoms with Crippen LogP contribution in [0.1, 0.15) is 11.6 Å². The Morgan fingerprint density at radius 3 is 2.77 bits per heavy atom. The second-order valence-electron chi connectivity index (χ2n) is 6.55. The molecule has 134 valence electrons. The minimum absolute atomic E-state index is 0.0868.